The normalized spacial score (nSPS) is 11.8. The van der Waals surface area contributed by atoms with Gasteiger partial charge < -0.3 is 15.2 Å². The number of aromatic nitrogens is 3. The van der Waals surface area contributed by atoms with Gasteiger partial charge in [-0.05, 0) is 37.1 Å². The number of carbonyl (C=O) groups is 2. The van der Waals surface area contributed by atoms with E-state index in [0.29, 0.717) is 33.3 Å². The fourth-order valence-electron chi connectivity index (χ4n) is 3.36. The maximum absolute atomic E-state index is 12.9. The predicted octanol–water partition coefficient (Wildman–Crippen LogP) is 5.37. The first-order valence-corrected chi connectivity index (χ1v) is 12.7. The van der Waals surface area contributed by atoms with Crippen LogP contribution in [0, 0.1) is 16.0 Å². The van der Waals surface area contributed by atoms with E-state index in [-0.39, 0.29) is 28.8 Å². The molecule has 0 aliphatic carbocycles. The maximum Gasteiger partial charge on any atom is 0.270 e. The van der Waals surface area contributed by atoms with Crippen LogP contribution in [0.2, 0.25) is 10.0 Å². The minimum Gasteiger partial charge on any atom is -0.342 e. The Kier molecular flexibility index (Phi) is 9.30. The molecule has 0 aliphatic heterocycles. The molecular weight excluding hydrogens is 527 g/mol. The van der Waals surface area contributed by atoms with Crippen molar-refractivity contribution in [3.63, 3.8) is 0 Å². The van der Waals surface area contributed by atoms with Gasteiger partial charge in [0, 0.05) is 29.3 Å². The molecule has 190 valence electrons. The second kappa shape index (κ2) is 12.2. The highest BCUT2D eigenvalue weighted by atomic mass is 35.5. The molecule has 0 radical (unpaired) electrons. The van der Waals surface area contributed by atoms with Gasteiger partial charge in [0.05, 0.1) is 27.4 Å². The van der Waals surface area contributed by atoms with Gasteiger partial charge in [0.15, 0.2) is 11.0 Å². The van der Waals surface area contributed by atoms with Crippen molar-refractivity contribution in [2.75, 3.05) is 11.1 Å². The third kappa shape index (κ3) is 6.74. The van der Waals surface area contributed by atoms with Crippen LogP contribution < -0.4 is 10.6 Å². The van der Waals surface area contributed by atoms with Crippen LogP contribution in [0.15, 0.2) is 47.6 Å². The largest absolute Gasteiger partial charge is 0.342 e. The van der Waals surface area contributed by atoms with E-state index in [1.165, 1.54) is 36.0 Å². The summed E-state index contributed by atoms with van der Waals surface area (Å²) in [4.78, 5) is 35.9. The molecule has 0 saturated heterocycles. The summed E-state index contributed by atoms with van der Waals surface area (Å²) in [7, 11) is 0. The molecule has 10 nitrogen and oxygen atoms in total. The Morgan fingerprint density at radius 2 is 1.92 bits per heavy atom. The van der Waals surface area contributed by atoms with Crippen LogP contribution in [0.5, 0.6) is 0 Å². The first kappa shape index (κ1) is 27.4. The topological polar surface area (TPSA) is 132 Å². The summed E-state index contributed by atoms with van der Waals surface area (Å²) >= 11 is 13.2. The van der Waals surface area contributed by atoms with E-state index in [4.69, 9.17) is 23.2 Å². The van der Waals surface area contributed by atoms with Crippen LogP contribution in [0.1, 0.15) is 43.0 Å². The number of carbonyl (C=O) groups excluding carboxylic acids is 2. The number of hydrogen-bond acceptors (Lipinski definition) is 7. The Hall–Kier alpha value is -3.15. The van der Waals surface area contributed by atoms with Crippen LogP contribution in [-0.4, -0.2) is 37.3 Å². The Labute approximate surface area is 221 Å². The smallest absolute Gasteiger partial charge is 0.270 e. The average molecular weight is 551 g/mol. The van der Waals surface area contributed by atoms with Crippen LogP contribution in [0.3, 0.4) is 0 Å². The minimum atomic E-state index is -0.551. The summed E-state index contributed by atoms with van der Waals surface area (Å²) < 4.78 is 1.83. The molecule has 1 atom stereocenters. The number of nitrogens with zero attached hydrogens (tertiary/aromatic N) is 4. The van der Waals surface area contributed by atoms with Gasteiger partial charge in [-0.25, -0.2) is 0 Å². The van der Waals surface area contributed by atoms with Crippen molar-refractivity contribution in [1.82, 2.24) is 20.1 Å². The van der Waals surface area contributed by atoms with Crippen molar-refractivity contribution in [3.05, 3.63) is 74.0 Å². The van der Waals surface area contributed by atoms with Gasteiger partial charge in [-0.15, -0.1) is 10.2 Å². The van der Waals surface area contributed by atoms with Gasteiger partial charge >= 0.3 is 0 Å². The van der Waals surface area contributed by atoms with Crippen molar-refractivity contribution in [3.8, 4) is 0 Å². The standard InChI is InChI=1S/C23H24Cl2N6O4S/c1-4-30-21(20(13(2)3)27-22(33)14-6-5-7-16(10-14)31(34)35)28-29-23(30)36-12-19(32)26-18-9-8-15(24)11-17(18)25/h5-11,13,20H,4,12H2,1-3H3,(H,26,32)(H,27,33)/t20-/m0/s1. The molecule has 2 amide bonds. The highest BCUT2D eigenvalue weighted by Gasteiger charge is 2.26. The molecular formula is C23H24Cl2N6O4S. The zero-order valence-electron chi connectivity index (χ0n) is 19.7. The average Bonchev–Trinajstić information content (AvgIpc) is 3.25. The summed E-state index contributed by atoms with van der Waals surface area (Å²) in [5, 5.41) is 26.5. The fraction of sp³-hybridized carbons (Fsp3) is 0.304. The Balaban J connectivity index is 1.73. The zero-order valence-corrected chi connectivity index (χ0v) is 22.0. The van der Waals surface area contributed by atoms with Gasteiger partial charge in [-0.2, -0.15) is 0 Å². The van der Waals surface area contributed by atoms with Crippen LogP contribution in [0.25, 0.3) is 0 Å². The van der Waals surface area contributed by atoms with Crippen molar-refractivity contribution in [2.45, 2.75) is 38.5 Å². The van der Waals surface area contributed by atoms with Crippen molar-refractivity contribution >= 4 is 58.2 Å². The number of benzene rings is 2. The molecule has 1 heterocycles. The molecule has 0 fully saturated rings. The lowest BCUT2D eigenvalue weighted by molar-refractivity contribution is -0.384. The third-order valence-corrected chi connectivity index (χ3v) is 6.66. The SMILES string of the molecule is CCn1c(SCC(=O)Nc2ccc(Cl)cc2Cl)nnc1[C@@H](NC(=O)c1cccc([N+](=O)[O-])c1)C(C)C. The van der Waals surface area contributed by atoms with E-state index < -0.39 is 16.9 Å². The molecule has 0 saturated carbocycles. The number of nitro benzene ring substituents is 1. The zero-order chi connectivity index (χ0) is 26.4. The number of hydrogen-bond donors (Lipinski definition) is 2. The minimum absolute atomic E-state index is 0.0590. The molecule has 3 aromatic rings. The summed E-state index contributed by atoms with van der Waals surface area (Å²) in [6, 6.07) is 9.80. The van der Waals surface area contributed by atoms with Crippen LogP contribution in [-0.2, 0) is 11.3 Å². The quantitative estimate of drug-likeness (QED) is 0.197. The molecule has 13 heteroatoms. The second-order valence-electron chi connectivity index (χ2n) is 8.05. The third-order valence-electron chi connectivity index (χ3n) is 5.15. The number of anilines is 1. The summed E-state index contributed by atoms with van der Waals surface area (Å²) in [5.74, 6) is -0.221. The Bertz CT molecular complexity index is 1280. The number of nitrogens with one attached hydrogen (secondary N) is 2. The van der Waals surface area contributed by atoms with Gasteiger partial charge in [-0.1, -0.05) is 54.9 Å². The number of amides is 2. The van der Waals surface area contributed by atoms with E-state index in [9.17, 15) is 19.7 Å². The lowest BCUT2D eigenvalue weighted by Crippen LogP contribution is -2.33. The number of halogens is 2. The summed E-state index contributed by atoms with van der Waals surface area (Å²) in [6.45, 7) is 6.25. The van der Waals surface area contributed by atoms with Gasteiger partial charge in [0.2, 0.25) is 5.91 Å². The molecule has 36 heavy (non-hydrogen) atoms. The lowest BCUT2D eigenvalue weighted by Gasteiger charge is -2.22. The van der Waals surface area contributed by atoms with E-state index in [0.717, 1.165) is 0 Å². The molecule has 2 aromatic carbocycles. The second-order valence-corrected chi connectivity index (χ2v) is 9.83. The molecule has 2 N–H and O–H groups in total. The van der Waals surface area contributed by atoms with Gasteiger partial charge in [0.1, 0.15) is 0 Å². The first-order chi connectivity index (χ1) is 17.1. The summed E-state index contributed by atoms with van der Waals surface area (Å²) in [6.07, 6.45) is 0. The number of rotatable bonds is 10. The molecule has 0 bridgehead atoms. The first-order valence-electron chi connectivity index (χ1n) is 11.0. The van der Waals surface area contributed by atoms with Crippen molar-refractivity contribution in [2.24, 2.45) is 5.92 Å². The van der Waals surface area contributed by atoms with Crippen molar-refractivity contribution in [1.29, 1.82) is 0 Å². The lowest BCUT2D eigenvalue weighted by atomic mass is 10.0. The van der Waals surface area contributed by atoms with Gasteiger partial charge in [0.25, 0.3) is 11.6 Å². The molecule has 0 unspecified atom stereocenters. The van der Waals surface area contributed by atoms with E-state index in [1.54, 1.807) is 18.2 Å². The van der Waals surface area contributed by atoms with E-state index in [1.807, 2.05) is 25.3 Å². The molecule has 1 aromatic heterocycles. The number of non-ortho nitro benzene ring substituents is 1. The van der Waals surface area contributed by atoms with Crippen LogP contribution in [0.4, 0.5) is 11.4 Å². The Morgan fingerprint density at radius 3 is 2.56 bits per heavy atom. The highest BCUT2D eigenvalue weighted by molar-refractivity contribution is 7.99. The fourth-order valence-corrected chi connectivity index (χ4v) is 4.62. The molecule has 0 spiro atoms. The molecule has 3 rings (SSSR count). The maximum atomic E-state index is 12.9. The number of thioether (sulfide) groups is 1. The molecule has 0 aliphatic rings. The summed E-state index contributed by atoms with van der Waals surface area (Å²) in [5.41, 5.74) is 0.454. The van der Waals surface area contributed by atoms with E-state index in [2.05, 4.69) is 20.8 Å². The highest BCUT2D eigenvalue weighted by Crippen LogP contribution is 2.28. The van der Waals surface area contributed by atoms with Crippen LogP contribution >= 0.6 is 35.0 Å². The monoisotopic (exact) mass is 550 g/mol. The Morgan fingerprint density at radius 1 is 1.17 bits per heavy atom. The van der Waals surface area contributed by atoms with Gasteiger partial charge in [-0.3, -0.25) is 19.7 Å². The van der Waals surface area contributed by atoms with Crippen molar-refractivity contribution < 1.29 is 14.5 Å². The van der Waals surface area contributed by atoms with E-state index >= 15 is 0 Å². The predicted molar refractivity (Wildman–Crippen MR) is 140 cm³/mol. The number of nitro groups is 1.